The first kappa shape index (κ1) is 16.5. The molecule has 2 aliphatic heterocycles. The number of hydrogen-bond acceptors (Lipinski definition) is 4. The highest BCUT2D eigenvalue weighted by molar-refractivity contribution is 7.91. The summed E-state index contributed by atoms with van der Waals surface area (Å²) in [5.74, 6) is -0.335. The molecule has 0 spiro atoms. The van der Waals surface area contributed by atoms with Crippen LogP contribution in [0.25, 0.3) is 0 Å². The molecule has 2 aliphatic rings. The third-order valence-electron chi connectivity index (χ3n) is 4.96. The van der Waals surface area contributed by atoms with E-state index in [4.69, 9.17) is 0 Å². The summed E-state index contributed by atoms with van der Waals surface area (Å²) >= 11 is 0. The maximum Gasteiger partial charge on any atom is 0.224 e. The minimum Gasteiger partial charge on any atom is -0.354 e. The number of rotatable bonds is 4. The van der Waals surface area contributed by atoms with Gasteiger partial charge in [-0.05, 0) is 30.9 Å². The maximum absolute atomic E-state index is 12.1. The number of nitrogens with one attached hydrogen (secondary N) is 1. The number of amides is 1. The molecule has 6 heteroatoms. The molecule has 3 rings (SSSR count). The fourth-order valence-electron chi connectivity index (χ4n) is 3.42. The summed E-state index contributed by atoms with van der Waals surface area (Å²) in [6.07, 6.45) is 1.50. The normalized spacial score (nSPS) is 24.8. The predicted octanol–water partition coefficient (Wildman–Crippen LogP) is 0.984. The highest BCUT2D eigenvalue weighted by Crippen LogP contribution is 2.21. The van der Waals surface area contributed by atoms with Crippen LogP contribution in [0.5, 0.6) is 0 Å². The molecule has 0 bridgehead atoms. The van der Waals surface area contributed by atoms with Gasteiger partial charge in [-0.15, -0.1) is 0 Å². The second-order valence-electron chi connectivity index (χ2n) is 6.68. The first-order chi connectivity index (χ1) is 10.9. The molecule has 0 radical (unpaired) electrons. The molecule has 2 heterocycles. The van der Waals surface area contributed by atoms with E-state index in [0.29, 0.717) is 13.0 Å². The molecule has 1 fully saturated rings. The summed E-state index contributed by atoms with van der Waals surface area (Å²) in [6.45, 7) is 4.58. The third kappa shape index (κ3) is 3.93. The maximum atomic E-state index is 12.1. The Bertz CT molecular complexity index is 687. The Balaban J connectivity index is 1.50. The first-order valence-electron chi connectivity index (χ1n) is 8.23. The number of carbonyl (C=O) groups excluding carboxylic acids is 1. The van der Waals surface area contributed by atoms with Gasteiger partial charge in [0.1, 0.15) is 0 Å². The molecule has 23 heavy (non-hydrogen) atoms. The van der Waals surface area contributed by atoms with E-state index in [1.54, 1.807) is 0 Å². The Kier molecular flexibility index (Phi) is 4.73. The lowest BCUT2D eigenvalue weighted by Gasteiger charge is -2.34. The van der Waals surface area contributed by atoms with Gasteiger partial charge in [-0.25, -0.2) is 8.42 Å². The van der Waals surface area contributed by atoms with E-state index < -0.39 is 9.84 Å². The molecule has 2 unspecified atom stereocenters. The molecule has 1 saturated heterocycles. The van der Waals surface area contributed by atoms with Crippen molar-refractivity contribution in [2.45, 2.75) is 32.4 Å². The van der Waals surface area contributed by atoms with Gasteiger partial charge in [0.05, 0.1) is 17.4 Å². The van der Waals surface area contributed by atoms with Crippen molar-refractivity contribution in [1.82, 2.24) is 10.2 Å². The summed E-state index contributed by atoms with van der Waals surface area (Å²) in [5.41, 5.74) is 2.77. The summed E-state index contributed by atoms with van der Waals surface area (Å²) in [6, 6.07) is 8.73. The molecule has 1 aromatic carbocycles. The van der Waals surface area contributed by atoms with E-state index in [1.165, 1.54) is 11.1 Å². The molecule has 0 aliphatic carbocycles. The molecule has 1 N–H and O–H groups in total. The summed E-state index contributed by atoms with van der Waals surface area (Å²) in [5, 5.41) is 2.94. The zero-order valence-corrected chi connectivity index (χ0v) is 14.3. The molecule has 1 aromatic rings. The Morgan fingerprint density at radius 3 is 2.78 bits per heavy atom. The Labute approximate surface area is 138 Å². The quantitative estimate of drug-likeness (QED) is 0.890. The Morgan fingerprint density at radius 1 is 1.35 bits per heavy atom. The van der Waals surface area contributed by atoms with Crippen molar-refractivity contribution < 1.29 is 13.2 Å². The first-order valence-corrected chi connectivity index (χ1v) is 10.1. The van der Waals surface area contributed by atoms with Gasteiger partial charge in [0.2, 0.25) is 5.91 Å². The number of carbonyl (C=O) groups is 1. The minimum absolute atomic E-state index is 0.00427. The van der Waals surface area contributed by atoms with E-state index in [2.05, 4.69) is 41.4 Å². The lowest BCUT2D eigenvalue weighted by Crippen LogP contribution is -2.45. The number of sulfone groups is 1. The molecule has 2 atom stereocenters. The topological polar surface area (TPSA) is 66.5 Å². The smallest absolute Gasteiger partial charge is 0.224 e. The van der Waals surface area contributed by atoms with Crippen LogP contribution in [0.2, 0.25) is 0 Å². The summed E-state index contributed by atoms with van der Waals surface area (Å²) in [7, 11) is -3.00. The fourth-order valence-corrected chi connectivity index (χ4v) is 5.16. The number of nitrogens with zero attached hydrogens (tertiary/aromatic N) is 1. The van der Waals surface area contributed by atoms with E-state index in [9.17, 15) is 13.2 Å². The van der Waals surface area contributed by atoms with Crippen LogP contribution in [0.1, 0.15) is 24.5 Å². The monoisotopic (exact) mass is 336 g/mol. The Morgan fingerprint density at radius 2 is 2.09 bits per heavy atom. The van der Waals surface area contributed by atoms with Crippen molar-refractivity contribution in [1.29, 1.82) is 0 Å². The fraction of sp³-hybridized carbons (Fsp3) is 0.588. The Hall–Kier alpha value is -1.40. The van der Waals surface area contributed by atoms with Crippen molar-refractivity contribution in [3.05, 3.63) is 35.4 Å². The second kappa shape index (κ2) is 6.61. The van der Waals surface area contributed by atoms with Gasteiger partial charge in [0.15, 0.2) is 9.84 Å². The minimum atomic E-state index is -3.00. The molecular formula is C17H24N2O3S. The average molecular weight is 336 g/mol. The van der Waals surface area contributed by atoms with Crippen LogP contribution in [0.3, 0.4) is 0 Å². The predicted molar refractivity (Wildman–Crippen MR) is 89.8 cm³/mol. The molecule has 126 valence electrons. The SMILES string of the molecule is CC(CNC(=O)C1CCS(=O)(=O)C1)N1CCc2ccccc2C1. The summed E-state index contributed by atoms with van der Waals surface area (Å²) < 4.78 is 22.9. The highest BCUT2D eigenvalue weighted by Gasteiger charge is 2.33. The standard InChI is InChI=1S/C17H24N2O3S/c1-13(10-18-17(20)16-7-9-23(21,22)12-16)19-8-6-14-4-2-3-5-15(14)11-19/h2-5,13,16H,6-12H2,1H3,(H,18,20). The van der Waals surface area contributed by atoms with Gasteiger partial charge in [0.25, 0.3) is 0 Å². The molecule has 0 aromatic heterocycles. The number of hydrogen-bond donors (Lipinski definition) is 1. The highest BCUT2D eigenvalue weighted by atomic mass is 32.2. The van der Waals surface area contributed by atoms with E-state index in [-0.39, 0.29) is 29.4 Å². The molecule has 0 saturated carbocycles. The zero-order chi connectivity index (χ0) is 16.4. The van der Waals surface area contributed by atoms with Crippen LogP contribution < -0.4 is 5.32 Å². The van der Waals surface area contributed by atoms with Crippen LogP contribution in [-0.4, -0.2) is 49.9 Å². The van der Waals surface area contributed by atoms with Crippen LogP contribution in [-0.2, 0) is 27.6 Å². The second-order valence-corrected chi connectivity index (χ2v) is 8.91. The molecule has 1 amide bonds. The molecular weight excluding hydrogens is 312 g/mol. The largest absolute Gasteiger partial charge is 0.354 e. The van der Waals surface area contributed by atoms with E-state index in [0.717, 1.165) is 19.5 Å². The number of benzene rings is 1. The van der Waals surface area contributed by atoms with Crippen molar-refractivity contribution >= 4 is 15.7 Å². The molecule has 5 nitrogen and oxygen atoms in total. The van der Waals surface area contributed by atoms with Gasteiger partial charge in [-0.3, -0.25) is 9.69 Å². The van der Waals surface area contributed by atoms with Gasteiger partial charge in [-0.2, -0.15) is 0 Å². The average Bonchev–Trinajstić information content (AvgIpc) is 2.92. The van der Waals surface area contributed by atoms with Crippen molar-refractivity contribution in [3.63, 3.8) is 0 Å². The van der Waals surface area contributed by atoms with Crippen LogP contribution in [0.15, 0.2) is 24.3 Å². The van der Waals surface area contributed by atoms with E-state index in [1.807, 2.05) is 0 Å². The van der Waals surface area contributed by atoms with Gasteiger partial charge < -0.3 is 5.32 Å². The van der Waals surface area contributed by atoms with Gasteiger partial charge in [0, 0.05) is 25.7 Å². The third-order valence-corrected chi connectivity index (χ3v) is 6.73. The number of fused-ring (bicyclic) bond motifs is 1. The van der Waals surface area contributed by atoms with Crippen LogP contribution >= 0.6 is 0 Å². The lowest BCUT2D eigenvalue weighted by atomic mass is 9.99. The van der Waals surface area contributed by atoms with Gasteiger partial charge >= 0.3 is 0 Å². The summed E-state index contributed by atoms with van der Waals surface area (Å²) in [4.78, 5) is 14.5. The van der Waals surface area contributed by atoms with Gasteiger partial charge in [-0.1, -0.05) is 24.3 Å². The lowest BCUT2D eigenvalue weighted by molar-refractivity contribution is -0.124. The van der Waals surface area contributed by atoms with Crippen molar-refractivity contribution in [3.8, 4) is 0 Å². The van der Waals surface area contributed by atoms with E-state index >= 15 is 0 Å². The van der Waals surface area contributed by atoms with Crippen LogP contribution in [0.4, 0.5) is 0 Å². The van der Waals surface area contributed by atoms with Crippen molar-refractivity contribution in [2.75, 3.05) is 24.6 Å². The van der Waals surface area contributed by atoms with Crippen LogP contribution in [0, 0.1) is 5.92 Å². The zero-order valence-electron chi connectivity index (χ0n) is 13.5. The van der Waals surface area contributed by atoms with Crippen molar-refractivity contribution in [2.24, 2.45) is 5.92 Å².